The summed E-state index contributed by atoms with van der Waals surface area (Å²) in [5, 5.41) is 7.88. The van der Waals surface area contributed by atoms with Gasteiger partial charge in [-0.05, 0) is 53.5 Å². The first-order valence-corrected chi connectivity index (χ1v) is 12.6. The van der Waals surface area contributed by atoms with Gasteiger partial charge in [0, 0.05) is 23.8 Å². The summed E-state index contributed by atoms with van der Waals surface area (Å²) in [7, 11) is -3.57. The minimum Gasteiger partial charge on any atom is -0.309 e. The van der Waals surface area contributed by atoms with Crippen molar-refractivity contribution in [2.24, 2.45) is 0 Å². The highest BCUT2D eigenvalue weighted by atomic mass is 35.5. The average Bonchev–Trinajstić information content (AvgIpc) is 3.24. The molecule has 9 heteroatoms. The maximum absolute atomic E-state index is 12.8. The highest BCUT2D eigenvalue weighted by Gasteiger charge is 2.19. The van der Waals surface area contributed by atoms with Gasteiger partial charge >= 0.3 is 6.03 Å². The maximum atomic E-state index is 12.8. The number of carbonyl (C=O) groups excluding carboxylic acids is 2. The molecule has 1 aliphatic rings. The van der Waals surface area contributed by atoms with Crippen molar-refractivity contribution in [3.8, 4) is 0 Å². The van der Waals surface area contributed by atoms with Gasteiger partial charge in [0.1, 0.15) is 0 Å². The van der Waals surface area contributed by atoms with Gasteiger partial charge in [0.2, 0.25) is 0 Å². The van der Waals surface area contributed by atoms with Crippen LogP contribution in [0.3, 0.4) is 0 Å². The van der Waals surface area contributed by atoms with Crippen molar-refractivity contribution in [3.63, 3.8) is 0 Å². The lowest BCUT2D eigenvalue weighted by molar-refractivity contribution is -0.116. The molecule has 1 aliphatic heterocycles. The summed E-state index contributed by atoms with van der Waals surface area (Å²) in [6.45, 7) is 10.7. The van der Waals surface area contributed by atoms with E-state index >= 15 is 0 Å². The van der Waals surface area contributed by atoms with Gasteiger partial charge in [-0.3, -0.25) is 10.1 Å². The van der Waals surface area contributed by atoms with E-state index in [1.165, 1.54) is 35.9 Å². The van der Waals surface area contributed by atoms with Crippen LogP contribution in [0.2, 0.25) is 0 Å². The van der Waals surface area contributed by atoms with Gasteiger partial charge in [0.25, 0.3) is 5.91 Å². The molecule has 0 fully saturated rings. The van der Waals surface area contributed by atoms with Crippen molar-refractivity contribution < 1.29 is 18.0 Å². The second kappa shape index (κ2) is 10.8. The van der Waals surface area contributed by atoms with Crippen molar-refractivity contribution in [1.82, 2.24) is 10.6 Å². The molecule has 178 valence electrons. The average molecular weight is 500 g/mol. The highest BCUT2D eigenvalue weighted by Crippen LogP contribution is 2.22. The van der Waals surface area contributed by atoms with E-state index in [2.05, 4.69) is 29.1 Å². The van der Waals surface area contributed by atoms with E-state index in [0.717, 1.165) is 24.2 Å². The van der Waals surface area contributed by atoms with E-state index < -0.39 is 21.8 Å². The van der Waals surface area contributed by atoms with Crippen LogP contribution in [0.15, 0.2) is 82.8 Å². The SMILES string of the molecule is C=C(/C=C(\C(=C)Cl)C(=O)NC(=O)Nc1ccc(S(=O)(=O)Cc2ccc3c(c2)CNC3)cc1)CC. The molecule has 0 spiro atoms. The number of hydrogen-bond donors (Lipinski definition) is 3. The smallest absolute Gasteiger partial charge is 0.309 e. The van der Waals surface area contributed by atoms with Gasteiger partial charge in [-0.2, -0.15) is 0 Å². The Bertz CT molecular complexity index is 1280. The van der Waals surface area contributed by atoms with E-state index in [4.69, 9.17) is 11.6 Å². The Balaban J connectivity index is 1.64. The molecule has 0 atom stereocenters. The molecule has 2 aromatic rings. The summed E-state index contributed by atoms with van der Waals surface area (Å²) in [4.78, 5) is 24.7. The molecule has 3 N–H and O–H groups in total. The fraction of sp³-hybridized carbons (Fsp3) is 0.200. The summed E-state index contributed by atoms with van der Waals surface area (Å²) in [5.74, 6) is -0.849. The van der Waals surface area contributed by atoms with Crippen molar-refractivity contribution in [1.29, 1.82) is 0 Å². The summed E-state index contributed by atoms with van der Waals surface area (Å²) >= 11 is 5.87. The predicted molar refractivity (Wildman–Crippen MR) is 134 cm³/mol. The Morgan fingerprint density at radius 1 is 1.09 bits per heavy atom. The van der Waals surface area contributed by atoms with E-state index in [1.54, 1.807) is 0 Å². The highest BCUT2D eigenvalue weighted by molar-refractivity contribution is 7.90. The van der Waals surface area contributed by atoms with E-state index in [9.17, 15) is 18.0 Å². The standard InChI is InChI=1S/C25H26ClN3O4S/c1-4-16(2)11-23(17(3)26)24(30)29-25(31)28-21-7-9-22(10-8-21)34(32,33)15-18-5-6-19-13-27-14-20(19)12-18/h5-12,27H,2-4,13-15H2,1H3,(H2,28,29,30,31)/b23-11+. The third kappa shape index (κ3) is 6.44. The van der Waals surface area contributed by atoms with Gasteiger partial charge in [-0.25, -0.2) is 13.2 Å². The van der Waals surface area contributed by atoms with Crippen molar-refractivity contribution in [3.05, 3.63) is 94.6 Å². The lowest BCUT2D eigenvalue weighted by Crippen LogP contribution is -2.35. The molecule has 0 unspecified atom stereocenters. The van der Waals surface area contributed by atoms with Crippen LogP contribution in [0.1, 0.15) is 30.0 Å². The van der Waals surface area contributed by atoms with Crippen LogP contribution in [0.5, 0.6) is 0 Å². The maximum Gasteiger partial charge on any atom is 0.326 e. The number of fused-ring (bicyclic) bond motifs is 1. The van der Waals surface area contributed by atoms with Crippen molar-refractivity contribution >= 4 is 39.1 Å². The Morgan fingerprint density at radius 2 is 1.76 bits per heavy atom. The number of anilines is 1. The first-order valence-electron chi connectivity index (χ1n) is 10.6. The minimum absolute atomic E-state index is 0.0194. The van der Waals surface area contributed by atoms with Gasteiger partial charge in [0.15, 0.2) is 9.84 Å². The molecule has 3 rings (SSSR count). The van der Waals surface area contributed by atoms with Crippen LogP contribution < -0.4 is 16.0 Å². The third-order valence-corrected chi connectivity index (χ3v) is 7.20. The number of sulfone groups is 1. The Hall–Kier alpha value is -3.20. The predicted octanol–water partition coefficient (Wildman–Crippen LogP) is 4.56. The Labute approximate surface area is 204 Å². The molecule has 2 aromatic carbocycles. The number of benzene rings is 2. The van der Waals surface area contributed by atoms with E-state index in [-0.39, 0.29) is 21.3 Å². The van der Waals surface area contributed by atoms with E-state index in [0.29, 0.717) is 17.7 Å². The zero-order chi connectivity index (χ0) is 24.9. The summed E-state index contributed by atoms with van der Waals surface area (Å²) < 4.78 is 25.7. The topological polar surface area (TPSA) is 104 Å². The number of imide groups is 1. The Kier molecular flexibility index (Phi) is 8.09. The molecular formula is C25H26ClN3O4S. The molecule has 0 aliphatic carbocycles. The number of hydrogen-bond acceptors (Lipinski definition) is 5. The second-order valence-corrected chi connectivity index (χ2v) is 10.3. The lowest BCUT2D eigenvalue weighted by atomic mass is 10.1. The number of halogens is 1. The molecule has 0 bridgehead atoms. The monoisotopic (exact) mass is 499 g/mol. The van der Waals surface area contributed by atoms with Crippen LogP contribution in [0.25, 0.3) is 0 Å². The molecule has 7 nitrogen and oxygen atoms in total. The van der Waals surface area contributed by atoms with Crippen LogP contribution >= 0.6 is 11.6 Å². The molecule has 1 heterocycles. The van der Waals surface area contributed by atoms with Crippen LogP contribution in [0.4, 0.5) is 10.5 Å². The second-order valence-electron chi connectivity index (χ2n) is 7.87. The minimum atomic E-state index is -3.57. The summed E-state index contributed by atoms with van der Waals surface area (Å²) in [6.07, 6.45) is 2.07. The molecular weight excluding hydrogens is 474 g/mol. The van der Waals surface area contributed by atoms with Crippen molar-refractivity contribution in [2.75, 3.05) is 5.32 Å². The normalized spacial score (nSPS) is 13.2. The first-order chi connectivity index (χ1) is 16.1. The molecule has 0 saturated carbocycles. The Morgan fingerprint density at radius 3 is 2.41 bits per heavy atom. The van der Waals surface area contributed by atoms with E-state index in [1.807, 2.05) is 25.1 Å². The number of carbonyl (C=O) groups is 2. The summed E-state index contributed by atoms with van der Waals surface area (Å²) in [5.41, 5.74) is 4.02. The first kappa shape index (κ1) is 25.4. The molecule has 34 heavy (non-hydrogen) atoms. The number of amides is 3. The fourth-order valence-corrected chi connectivity index (χ4v) is 4.87. The largest absolute Gasteiger partial charge is 0.326 e. The third-order valence-electron chi connectivity index (χ3n) is 5.30. The number of nitrogens with one attached hydrogen (secondary N) is 3. The fourth-order valence-electron chi connectivity index (χ4n) is 3.39. The molecule has 3 amide bonds. The van der Waals surface area contributed by atoms with Gasteiger partial charge in [0.05, 0.1) is 16.2 Å². The van der Waals surface area contributed by atoms with Crippen LogP contribution in [-0.2, 0) is 33.5 Å². The quantitative estimate of drug-likeness (QED) is 0.365. The van der Waals surface area contributed by atoms with Gasteiger partial charge in [-0.1, -0.05) is 55.5 Å². The lowest BCUT2D eigenvalue weighted by Gasteiger charge is -2.10. The van der Waals surface area contributed by atoms with Crippen LogP contribution in [0, 0.1) is 0 Å². The van der Waals surface area contributed by atoms with Crippen molar-refractivity contribution in [2.45, 2.75) is 37.1 Å². The summed E-state index contributed by atoms with van der Waals surface area (Å²) in [6, 6.07) is 10.6. The van der Waals surface area contributed by atoms with Crippen LogP contribution in [-0.4, -0.2) is 20.4 Å². The molecule has 0 saturated heterocycles. The number of rotatable bonds is 8. The zero-order valence-electron chi connectivity index (χ0n) is 18.8. The van der Waals surface area contributed by atoms with Gasteiger partial charge < -0.3 is 10.6 Å². The molecule has 0 aromatic heterocycles. The zero-order valence-corrected chi connectivity index (χ0v) is 20.4. The number of allylic oxidation sites excluding steroid dienone is 2. The molecule has 0 radical (unpaired) electrons. The number of urea groups is 1. The van der Waals surface area contributed by atoms with Gasteiger partial charge in [-0.15, -0.1) is 0 Å².